The normalized spacial score (nSPS) is 10.6. The third-order valence-corrected chi connectivity index (χ3v) is 3.13. The van der Waals surface area contributed by atoms with Gasteiger partial charge in [-0.2, -0.15) is 0 Å². The first-order valence-electron chi connectivity index (χ1n) is 7.32. The van der Waals surface area contributed by atoms with E-state index in [-0.39, 0.29) is 29.9 Å². The fourth-order valence-corrected chi connectivity index (χ4v) is 1.88. The van der Waals surface area contributed by atoms with Crippen molar-refractivity contribution in [3.63, 3.8) is 0 Å². The second-order valence-corrected chi connectivity index (χ2v) is 5.05. The Labute approximate surface area is 150 Å². The van der Waals surface area contributed by atoms with E-state index >= 15 is 0 Å². The Hall–Kier alpha value is -1.31. The van der Waals surface area contributed by atoms with Crippen molar-refractivity contribution in [3.05, 3.63) is 35.9 Å². The molecule has 6 heteroatoms. The number of hydrogen-bond donors (Lipinski definition) is 2. The standard InChI is InChI=1S/C16H26N4O.HI/c1-17-16(19-13-11-15(21)20(2)3)18-12-7-10-14-8-5-4-6-9-14;/h4-6,8-9H,7,10-13H2,1-3H3,(H2,17,18,19);1H. The quantitative estimate of drug-likeness (QED) is 0.308. The molecule has 5 nitrogen and oxygen atoms in total. The summed E-state index contributed by atoms with van der Waals surface area (Å²) in [5.41, 5.74) is 1.35. The SMILES string of the molecule is CN=C(NCCCc1ccccc1)NCCC(=O)N(C)C.I. The molecule has 0 radical (unpaired) electrons. The van der Waals surface area contributed by atoms with Gasteiger partial charge in [0.1, 0.15) is 0 Å². The molecule has 124 valence electrons. The Morgan fingerprint density at radius 3 is 2.36 bits per heavy atom. The lowest BCUT2D eigenvalue weighted by molar-refractivity contribution is -0.128. The van der Waals surface area contributed by atoms with Gasteiger partial charge in [0.05, 0.1) is 0 Å². The summed E-state index contributed by atoms with van der Waals surface area (Å²) in [6, 6.07) is 10.4. The zero-order chi connectivity index (χ0) is 15.5. The number of carbonyl (C=O) groups excluding carboxylic acids is 1. The van der Waals surface area contributed by atoms with Crippen LogP contribution in [-0.4, -0.2) is 51.0 Å². The minimum absolute atomic E-state index is 0. The van der Waals surface area contributed by atoms with E-state index in [4.69, 9.17) is 0 Å². The maximum absolute atomic E-state index is 11.5. The van der Waals surface area contributed by atoms with E-state index in [0.29, 0.717) is 13.0 Å². The zero-order valence-corrected chi connectivity index (χ0v) is 16.0. The topological polar surface area (TPSA) is 56.7 Å². The molecule has 0 saturated carbocycles. The first-order chi connectivity index (χ1) is 10.1. The first-order valence-corrected chi connectivity index (χ1v) is 7.32. The molecule has 0 heterocycles. The summed E-state index contributed by atoms with van der Waals surface area (Å²) in [6.45, 7) is 1.45. The molecule has 2 N–H and O–H groups in total. The summed E-state index contributed by atoms with van der Waals surface area (Å²) >= 11 is 0. The van der Waals surface area contributed by atoms with Crippen molar-refractivity contribution >= 4 is 35.8 Å². The van der Waals surface area contributed by atoms with Gasteiger partial charge in [0, 0.05) is 40.7 Å². The van der Waals surface area contributed by atoms with Gasteiger partial charge in [-0.25, -0.2) is 0 Å². The Kier molecular flexibility index (Phi) is 11.5. The van der Waals surface area contributed by atoms with Crippen LogP contribution in [-0.2, 0) is 11.2 Å². The molecule has 0 unspecified atom stereocenters. The van der Waals surface area contributed by atoms with Crippen LogP contribution in [0.5, 0.6) is 0 Å². The third-order valence-electron chi connectivity index (χ3n) is 3.13. The Bertz CT molecular complexity index is 449. The van der Waals surface area contributed by atoms with Crippen LogP contribution in [0, 0.1) is 0 Å². The van der Waals surface area contributed by atoms with Crippen molar-refractivity contribution in [2.24, 2.45) is 4.99 Å². The summed E-state index contributed by atoms with van der Waals surface area (Å²) < 4.78 is 0. The van der Waals surface area contributed by atoms with Gasteiger partial charge >= 0.3 is 0 Å². The van der Waals surface area contributed by atoms with Gasteiger partial charge in [-0.3, -0.25) is 9.79 Å². The maximum Gasteiger partial charge on any atom is 0.223 e. The lowest BCUT2D eigenvalue weighted by Crippen LogP contribution is -2.39. The van der Waals surface area contributed by atoms with Crippen LogP contribution < -0.4 is 10.6 Å². The fraction of sp³-hybridized carbons (Fsp3) is 0.500. The van der Waals surface area contributed by atoms with E-state index in [0.717, 1.165) is 25.3 Å². The molecule has 0 aliphatic rings. The number of amides is 1. The highest BCUT2D eigenvalue weighted by Gasteiger charge is 2.04. The van der Waals surface area contributed by atoms with E-state index in [1.54, 1.807) is 26.0 Å². The van der Waals surface area contributed by atoms with Gasteiger partial charge in [0.2, 0.25) is 5.91 Å². The van der Waals surface area contributed by atoms with Crippen molar-refractivity contribution in [3.8, 4) is 0 Å². The van der Waals surface area contributed by atoms with E-state index in [2.05, 4.69) is 39.9 Å². The molecule has 22 heavy (non-hydrogen) atoms. The van der Waals surface area contributed by atoms with Crippen molar-refractivity contribution in [2.45, 2.75) is 19.3 Å². The highest BCUT2D eigenvalue weighted by Crippen LogP contribution is 2.01. The van der Waals surface area contributed by atoms with Crippen LogP contribution in [0.25, 0.3) is 0 Å². The monoisotopic (exact) mass is 418 g/mol. The molecule has 0 fully saturated rings. The average Bonchev–Trinajstić information content (AvgIpc) is 2.50. The summed E-state index contributed by atoms with van der Waals surface area (Å²) in [5, 5.41) is 6.40. The number of guanidine groups is 1. The number of benzene rings is 1. The molecule has 0 atom stereocenters. The van der Waals surface area contributed by atoms with Gasteiger partial charge in [0.15, 0.2) is 5.96 Å². The molecule has 0 aliphatic heterocycles. The van der Waals surface area contributed by atoms with E-state index in [9.17, 15) is 4.79 Å². The minimum atomic E-state index is 0. The number of hydrogen-bond acceptors (Lipinski definition) is 2. The van der Waals surface area contributed by atoms with E-state index in [1.807, 2.05) is 6.07 Å². The van der Waals surface area contributed by atoms with E-state index in [1.165, 1.54) is 5.56 Å². The lowest BCUT2D eigenvalue weighted by atomic mass is 10.1. The Morgan fingerprint density at radius 1 is 1.14 bits per heavy atom. The first kappa shape index (κ1) is 20.7. The van der Waals surface area contributed by atoms with Gasteiger partial charge in [0.25, 0.3) is 0 Å². The summed E-state index contributed by atoms with van der Waals surface area (Å²) in [7, 11) is 5.26. The van der Waals surface area contributed by atoms with Crippen LogP contribution in [0.15, 0.2) is 35.3 Å². The molecule has 0 saturated heterocycles. The predicted octanol–water partition coefficient (Wildman–Crippen LogP) is 1.88. The van der Waals surface area contributed by atoms with E-state index < -0.39 is 0 Å². The summed E-state index contributed by atoms with van der Waals surface area (Å²) in [5.74, 6) is 0.858. The van der Waals surface area contributed by atoms with Crippen LogP contribution in [0.3, 0.4) is 0 Å². The number of carbonyl (C=O) groups is 1. The molecule has 0 bridgehead atoms. The van der Waals surface area contributed by atoms with Gasteiger partial charge in [-0.1, -0.05) is 30.3 Å². The van der Waals surface area contributed by atoms with Crippen molar-refractivity contribution < 1.29 is 4.79 Å². The molecular weight excluding hydrogens is 391 g/mol. The molecule has 1 rings (SSSR count). The number of rotatable bonds is 7. The number of nitrogens with zero attached hydrogens (tertiary/aromatic N) is 2. The smallest absolute Gasteiger partial charge is 0.223 e. The van der Waals surface area contributed by atoms with Crippen LogP contribution >= 0.6 is 24.0 Å². The number of aliphatic imine (C=N–C) groups is 1. The highest BCUT2D eigenvalue weighted by molar-refractivity contribution is 14.0. The van der Waals surface area contributed by atoms with Crippen molar-refractivity contribution in [1.82, 2.24) is 15.5 Å². The summed E-state index contributed by atoms with van der Waals surface area (Å²) in [6.07, 6.45) is 2.56. The summed E-state index contributed by atoms with van der Waals surface area (Å²) in [4.78, 5) is 17.2. The fourth-order valence-electron chi connectivity index (χ4n) is 1.88. The molecule has 0 spiro atoms. The molecular formula is C16H27IN4O. The molecule has 1 aromatic carbocycles. The maximum atomic E-state index is 11.5. The molecule has 0 aliphatic carbocycles. The third kappa shape index (κ3) is 8.86. The number of aryl methyl sites for hydroxylation is 1. The average molecular weight is 418 g/mol. The second-order valence-electron chi connectivity index (χ2n) is 5.05. The number of halogens is 1. The predicted molar refractivity (Wildman–Crippen MR) is 103 cm³/mol. The van der Waals surface area contributed by atoms with Crippen LogP contribution in [0.4, 0.5) is 0 Å². The van der Waals surface area contributed by atoms with Crippen molar-refractivity contribution in [1.29, 1.82) is 0 Å². The van der Waals surface area contributed by atoms with Crippen molar-refractivity contribution in [2.75, 3.05) is 34.2 Å². The zero-order valence-electron chi connectivity index (χ0n) is 13.6. The second kappa shape index (κ2) is 12.3. The molecule has 1 aromatic rings. The molecule has 1 amide bonds. The van der Waals surface area contributed by atoms with Crippen LogP contribution in [0.1, 0.15) is 18.4 Å². The van der Waals surface area contributed by atoms with Crippen LogP contribution in [0.2, 0.25) is 0 Å². The largest absolute Gasteiger partial charge is 0.356 e. The van der Waals surface area contributed by atoms with Gasteiger partial charge in [-0.15, -0.1) is 24.0 Å². The highest BCUT2D eigenvalue weighted by atomic mass is 127. The van der Waals surface area contributed by atoms with Gasteiger partial charge in [-0.05, 0) is 18.4 Å². The Morgan fingerprint density at radius 2 is 1.77 bits per heavy atom. The minimum Gasteiger partial charge on any atom is -0.356 e. The number of nitrogens with one attached hydrogen (secondary N) is 2. The van der Waals surface area contributed by atoms with Gasteiger partial charge < -0.3 is 15.5 Å². The Balaban J connectivity index is 0.00000441. The lowest BCUT2D eigenvalue weighted by Gasteiger charge is -2.13. The molecule has 0 aromatic heterocycles.